The van der Waals surface area contributed by atoms with Gasteiger partial charge in [-0.1, -0.05) is 18.2 Å². The van der Waals surface area contributed by atoms with E-state index in [9.17, 15) is 9.59 Å². The largest absolute Gasteiger partial charge is 0.475 e. The van der Waals surface area contributed by atoms with Gasteiger partial charge in [0.05, 0.1) is 26.9 Å². The van der Waals surface area contributed by atoms with Crippen molar-refractivity contribution < 1.29 is 28.6 Å². The number of esters is 2. The molecule has 0 spiro atoms. The van der Waals surface area contributed by atoms with Crippen LogP contribution in [0, 0.1) is 0 Å². The number of hydrogen-bond acceptors (Lipinski definition) is 7. The Bertz CT molecular complexity index is 565. The van der Waals surface area contributed by atoms with Gasteiger partial charge in [0.1, 0.15) is 0 Å². The van der Waals surface area contributed by atoms with E-state index in [0.29, 0.717) is 12.2 Å². The van der Waals surface area contributed by atoms with Crippen molar-refractivity contribution in [3.8, 4) is 0 Å². The van der Waals surface area contributed by atoms with E-state index in [0.717, 1.165) is 13.2 Å². The number of carbonyl (C=O) groups excluding carboxylic acids is 2. The first kappa shape index (κ1) is 17.2. The maximum absolute atomic E-state index is 11.5. The topological polar surface area (TPSA) is 83.4 Å². The highest BCUT2D eigenvalue weighted by atomic mass is 16.7. The number of methoxy groups -OCH3 is 2. The zero-order valence-electron chi connectivity index (χ0n) is 12.6. The smallest absolute Gasteiger partial charge is 0.377 e. The van der Waals surface area contributed by atoms with Gasteiger partial charge in [0.15, 0.2) is 0 Å². The number of benzene rings is 1. The second-order valence-electron chi connectivity index (χ2n) is 3.81. The molecule has 1 aromatic carbocycles. The summed E-state index contributed by atoms with van der Waals surface area (Å²) in [6.07, 6.45) is 0.837. The molecule has 0 fully saturated rings. The lowest BCUT2D eigenvalue weighted by molar-refractivity contribution is -0.142. The SMILES string of the molecule is CCO/C(=N\O/C(=C\C(=O)OC)C(=O)OC)c1ccccc1. The van der Waals surface area contributed by atoms with Crippen molar-refractivity contribution in [2.24, 2.45) is 5.16 Å². The number of carbonyl (C=O) groups is 2. The summed E-state index contributed by atoms with van der Waals surface area (Å²) in [5, 5.41) is 3.76. The fourth-order valence-corrected chi connectivity index (χ4v) is 1.36. The van der Waals surface area contributed by atoms with Crippen molar-refractivity contribution in [3.63, 3.8) is 0 Å². The fourth-order valence-electron chi connectivity index (χ4n) is 1.36. The van der Waals surface area contributed by atoms with Crippen LogP contribution in [0.5, 0.6) is 0 Å². The lowest BCUT2D eigenvalue weighted by Gasteiger charge is -2.08. The quantitative estimate of drug-likeness (QED) is 0.198. The van der Waals surface area contributed by atoms with Crippen LogP contribution in [0.1, 0.15) is 12.5 Å². The summed E-state index contributed by atoms with van der Waals surface area (Å²) < 4.78 is 14.3. The van der Waals surface area contributed by atoms with Crippen molar-refractivity contribution in [2.75, 3.05) is 20.8 Å². The third-order valence-corrected chi connectivity index (χ3v) is 2.37. The zero-order chi connectivity index (χ0) is 16.4. The van der Waals surface area contributed by atoms with E-state index in [1.807, 2.05) is 6.07 Å². The van der Waals surface area contributed by atoms with Crippen LogP contribution >= 0.6 is 0 Å². The summed E-state index contributed by atoms with van der Waals surface area (Å²) in [6.45, 7) is 2.13. The molecule has 0 saturated heterocycles. The Balaban J connectivity index is 3.01. The van der Waals surface area contributed by atoms with Gasteiger partial charge in [0, 0.05) is 5.56 Å². The van der Waals surface area contributed by atoms with E-state index >= 15 is 0 Å². The molecule has 0 N–H and O–H groups in total. The Kier molecular flexibility index (Phi) is 7.18. The average Bonchev–Trinajstić information content (AvgIpc) is 2.57. The minimum Gasteiger partial charge on any atom is -0.475 e. The number of hydrogen-bond donors (Lipinski definition) is 0. The molecule has 22 heavy (non-hydrogen) atoms. The number of ether oxygens (including phenoxy) is 3. The van der Waals surface area contributed by atoms with Gasteiger partial charge in [-0.25, -0.2) is 9.59 Å². The Morgan fingerprint density at radius 2 is 1.82 bits per heavy atom. The first-order valence-electron chi connectivity index (χ1n) is 6.43. The van der Waals surface area contributed by atoms with Crippen LogP contribution in [0.25, 0.3) is 0 Å². The van der Waals surface area contributed by atoms with Crippen molar-refractivity contribution in [1.82, 2.24) is 0 Å². The van der Waals surface area contributed by atoms with Crippen LogP contribution in [0.2, 0.25) is 0 Å². The maximum Gasteiger partial charge on any atom is 0.377 e. The van der Waals surface area contributed by atoms with E-state index in [4.69, 9.17) is 9.57 Å². The summed E-state index contributed by atoms with van der Waals surface area (Å²) in [5.74, 6) is -1.88. The molecule has 7 heteroatoms. The standard InChI is InChI=1S/C15H17NO6/c1-4-21-14(11-8-6-5-7-9-11)16-22-12(15(18)20-3)10-13(17)19-2/h5-10H,4H2,1-3H3/b12-10-,16-14-. The van der Waals surface area contributed by atoms with Crippen molar-refractivity contribution in [1.29, 1.82) is 0 Å². The molecular formula is C15H17NO6. The van der Waals surface area contributed by atoms with Crippen LogP contribution in [-0.2, 0) is 28.6 Å². The predicted molar refractivity (Wildman–Crippen MR) is 77.8 cm³/mol. The molecule has 0 radical (unpaired) electrons. The van der Waals surface area contributed by atoms with Crippen LogP contribution < -0.4 is 0 Å². The van der Waals surface area contributed by atoms with E-state index in [2.05, 4.69) is 14.6 Å². The van der Waals surface area contributed by atoms with Crippen LogP contribution in [0.15, 0.2) is 47.3 Å². The molecule has 0 aliphatic heterocycles. The van der Waals surface area contributed by atoms with Gasteiger partial charge in [-0.3, -0.25) is 0 Å². The second-order valence-corrected chi connectivity index (χ2v) is 3.81. The minimum atomic E-state index is -0.863. The lowest BCUT2D eigenvalue weighted by Crippen LogP contribution is -2.12. The summed E-state index contributed by atoms with van der Waals surface area (Å²) >= 11 is 0. The first-order chi connectivity index (χ1) is 10.6. The summed E-state index contributed by atoms with van der Waals surface area (Å²) in [5.41, 5.74) is 0.659. The van der Waals surface area contributed by atoms with Crippen LogP contribution in [0.3, 0.4) is 0 Å². The highest BCUT2D eigenvalue weighted by Gasteiger charge is 2.16. The third kappa shape index (κ3) is 5.28. The zero-order valence-corrected chi connectivity index (χ0v) is 12.6. The highest BCUT2D eigenvalue weighted by molar-refractivity contribution is 5.96. The highest BCUT2D eigenvalue weighted by Crippen LogP contribution is 2.07. The molecule has 118 valence electrons. The minimum absolute atomic E-state index is 0.169. The Morgan fingerprint density at radius 1 is 1.14 bits per heavy atom. The van der Waals surface area contributed by atoms with Gasteiger partial charge in [-0.05, 0) is 24.2 Å². The van der Waals surface area contributed by atoms with Crippen LogP contribution in [0.4, 0.5) is 0 Å². The molecule has 1 rings (SSSR count). The predicted octanol–water partition coefficient (Wildman–Crippen LogP) is 1.63. The molecule has 7 nitrogen and oxygen atoms in total. The molecule has 0 amide bonds. The van der Waals surface area contributed by atoms with Crippen molar-refractivity contribution in [2.45, 2.75) is 6.92 Å². The molecule has 0 bridgehead atoms. The van der Waals surface area contributed by atoms with E-state index in [1.165, 1.54) is 7.11 Å². The van der Waals surface area contributed by atoms with Crippen LogP contribution in [-0.4, -0.2) is 38.7 Å². The van der Waals surface area contributed by atoms with Gasteiger partial charge in [0.25, 0.3) is 5.90 Å². The van der Waals surface area contributed by atoms with Crippen molar-refractivity contribution >= 4 is 17.8 Å². The summed E-state index contributed by atoms with van der Waals surface area (Å²) in [6, 6.07) is 8.97. The monoisotopic (exact) mass is 307 g/mol. The number of nitrogens with zero attached hydrogens (tertiary/aromatic N) is 1. The summed E-state index contributed by atoms with van der Waals surface area (Å²) in [4.78, 5) is 27.7. The van der Waals surface area contributed by atoms with E-state index in [1.54, 1.807) is 31.2 Å². The molecule has 0 heterocycles. The molecule has 0 unspecified atom stereocenters. The molecule has 0 aliphatic rings. The summed E-state index contributed by atoms with van der Waals surface area (Å²) in [7, 11) is 2.33. The van der Waals surface area contributed by atoms with E-state index < -0.39 is 17.7 Å². The lowest BCUT2D eigenvalue weighted by atomic mass is 10.2. The molecule has 0 aliphatic carbocycles. The Morgan fingerprint density at radius 3 is 2.36 bits per heavy atom. The van der Waals surface area contributed by atoms with Gasteiger partial charge >= 0.3 is 11.9 Å². The van der Waals surface area contributed by atoms with Gasteiger partial charge < -0.3 is 19.0 Å². The Labute approximate surface area is 128 Å². The van der Waals surface area contributed by atoms with Gasteiger partial charge in [0.2, 0.25) is 5.76 Å². The van der Waals surface area contributed by atoms with E-state index in [-0.39, 0.29) is 5.90 Å². The van der Waals surface area contributed by atoms with Crippen molar-refractivity contribution in [3.05, 3.63) is 47.7 Å². The molecule has 0 aromatic heterocycles. The first-order valence-corrected chi connectivity index (χ1v) is 6.43. The molecule has 1 aromatic rings. The second kappa shape index (κ2) is 9.17. The van der Waals surface area contributed by atoms with Gasteiger partial charge in [-0.15, -0.1) is 0 Å². The molecular weight excluding hydrogens is 290 g/mol. The average molecular weight is 307 g/mol. The molecule has 0 atom stereocenters. The number of oxime groups is 1. The van der Waals surface area contributed by atoms with Gasteiger partial charge in [-0.2, -0.15) is 0 Å². The normalized spacial score (nSPS) is 11.6. The maximum atomic E-state index is 11.5. The molecule has 0 saturated carbocycles. The third-order valence-electron chi connectivity index (χ3n) is 2.37. The number of rotatable bonds is 6. The Hall–Kier alpha value is -2.83. The fraction of sp³-hybridized carbons (Fsp3) is 0.267.